The first-order chi connectivity index (χ1) is 7.62. The van der Waals surface area contributed by atoms with Gasteiger partial charge in [-0.15, -0.1) is 0 Å². The van der Waals surface area contributed by atoms with Crippen molar-refractivity contribution in [3.63, 3.8) is 0 Å². The molecule has 0 saturated carbocycles. The van der Waals surface area contributed by atoms with Crippen LogP contribution >= 0.6 is 0 Å². The molecule has 1 rings (SSSR count). The molecule has 0 aromatic carbocycles. The van der Waals surface area contributed by atoms with Crippen molar-refractivity contribution in [1.82, 2.24) is 10.6 Å². The van der Waals surface area contributed by atoms with Crippen molar-refractivity contribution in [3.8, 4) is 0 Å². The predicted octanol–water partition coefficient (Wildman–Crippen LogP) is 2.06. The number of nitrogens with zero attached hydrogens (tertiary/aromatic N) is 1. The first-order valence-corrected chi connectivity index (χ1v) is 6.32. The van der Waals surface area contributed by atoms with E-state index in [9.17, 15) is 4.79 Å². The van der Waals surface area contributed by atoms with E-state index in [1.807, 2.05) is 27.7 Å². The summed E-state index contributed by atoms with van der Waals surface area (Å²) in [4.78, 5) is 16.4. The topological polar surface area (TPSA) is 53.5 Å². The Morgan fingerprint density at radius 3 is 2.47 bits per heavy atom. The van der Waals surface area contributed by atoms with Crippen LogP contribution in [-0.2, 0) is 4.79 Å². The van der Waals surface area contributed by atoms with Crippen LogP contribution < -0.4 is 10.6 Å². The van der Waals surface area contributed by atoms with Crippen molar-refractivity contribution in [2.45, 2.75) is 65.5 Å². The molecule has 1 unspecified atom stereocenters. The molecule has 17 heavy (non-hydrogen) atoms. The fraction of sp³-hybridized carbons (Fsp3) is 0.846. The maximum Gasteiger partial charge on any atom is 0.254 e. The molecule has 0 bridgehead atoms. The quantitative estimate of drug-likeness (QED) is 0.792. The number of rotatable bonds is 3. The number of nitrogens with one attached hydrogen (secondary N) is 2. The Morgan fingerprint density at radius 1 is 1.41 bits per heavy atom. The van der Waals surface area contributed by atoms with E-state index < -0.39 is 5.54 Å². The summed E-state index contributed by atoms with van der Waals surface area (Å²) in [5, 5.41) is 6.03. The van der Waals surface area contributed by atoms with Crippen LogP contribution in [0.3, 0.4) is 0 Å². The van der Waals surface area contributed by atoms with Gasteiger partial charge in [-0.2, -0.15) is 0 Å². The second kappa shape index (κ2) is 4.67. The third-order valence-corrected chi connectivity index (χ3v) is 2.78. The molecule has 0 saturated heterocycles. The van der Waals surface area contributed by atoms with Gasteiger partial charge in [0.15, 0.2) is 5.96 Å². The number of carbonyl (C=O) groups is 1. The summed E-state index contributed by atoms with van der Waals surface area (Å²) < 4.78 is 0. The van der Waals surface area contributed by atoms with E-state index in [0.29, 0.717) is 11.9 Å². The standard InChI is InChI=1S/C13H25N3O/c1-9(2)7-8-13(6)10(17)14-11(16-13)15-12(3,4)5/h9H,7-8H2,1-6H3,(H2,14,15,16,17). The number of hydrogen-bond acceptors (Lipinski definition) is 3. The van der Waals surface area contributed by atoms with Crippen molar-refractivity contribution in [2.75, 3.05) is 0 Å². The highest BCUT2D eigenvalue weighted by atomic mass is 16.2. The third kappa shape index (κ3) is 4.02. The van der Waals surface area contributed by atoms with Crippen LogP contribution in [0.15, 0.2) is 4.99 Å². The van der Waals surface area contributed by atoms with Gasteiger partial charge in [0.2, 0.25) is 0 Å². The second-order valence-electron chi connectivity index (χ2n) is 6.50. The monoisotopic (exact) mass is 239 g/mol. The van der Waals surface area contributed by atoms with Gasteiger partial charge in [-0.25, -0.2) is 4.99 Å². The molecular formula is C13H25N3O. The fourth-order valence-electron chi connectivity index (χ4n) is 1.72. The molecule has 0 aromatic rings. The Balaban J connectivity index is 2.70. The van der Waals surface area contributed by atoms with Crippen LogP contribution in [0.5, 0.6) is 0 Å². The van der Waals surface area contributed by atoms with Crippen LogP contribution in [0.25, 0.3) is 0 Å². The maximum absolute atomic E-state index is 11.9. The number of guanidine groups is 1. The van der Waals surface area contributed by atoms with Gasteiger partial charge in [0.25, 0.3) is 5.91 Å². The summed E-state index contributed by atoms with van der Waals surface area (Å²) in [5.41, 5.74) is -0.687. The van der Waals surface area contributed by atoms with E-state index in [4.69, 9.17) is 0 Å². The molecule has 4 nitrogen and oxygen atoms in total. The van der Waals surface area contributed by atoms with E-state index in [1.165, 1.54) is 0 Å². The van der Waals surface area contributed by atoms with E-state index in [0.717, 1.165) is 12.8 Å². The normalized spacial score (nSPS) is 24.9. The Bertz CT molecular complexity index is 328. The van der Waals surface area contributed by atoms with E-state index in [1.54, 1.807) is 0 Å². The Labute approximate surface area is 104 Å². The average molecular weight is 239 g/mol. The van der Waals surface area contributed by atoms with E-state index in [-0.39, 0.29) is 11.4 Å². The van der Waals surface area contributed by atoms with Gasteiger partial charge >= 0.3 is 0 Å². The zero-order valence-electron chi connectivity index (χ0n) is 11.8. The number of hydrogen-bond donors (Lipinski definition) is 2. The fourth-order valence-corrected chi connectivity index (χ4v) is 1.72. The highest BCUT2D eigenvalue weighted by Crippen LogP contribution is 2.24. The van der Waals surface area contributed by atoms with Gasteiger partial charge < -0.3 is 5.32 Å². The zero-order chi connectivity index (χ0) is 13.3. The Morgan fingerprint density at radius 2 is 2.00 bits per heavy atom. The molecule has 0 spiro atoms. The molecular weight excluding hydrogens is 214 g/mol. The largest absolute Gasteiger partial charge is 0.351 e. The van der Waals surface area contributed by atoms with Gasteiger partial charge in [0.1, 0.15) is 5.54 Å². The average Bonchev–Trinajstić information content (AvgIpc) is 2.36. The molecule has 1 aliphatic rings. The van der Waals surface area contributed by atoms with Crippen molar-refractivity contribution < 1.29 is 4.79 Å². The minimum atomic E-state index is -0.599. The lowest BCUT2D eigenvalue weighted by Gasteiger charge is -2.21. The van der Waals surface area contributed by atoms with Crippen molar-refractivity contribution in [1.29, 1.82) is 0 Å². The highest BCUT2D eigenvalue weighted by Gasteiger charge is 2.39. The van der Waals surface area contributed by atoms with Gasteiger partial charge in [-0.3, -0.25) is 10.1 Å². The summed E-state index contributed by atoms with van der Waals surface area (Å²) in [6.07, 6.45) is 1.81. The molecule has 1 atom stereocenters. The van der Waals surface area contributed by atoms with Gasteiger partial charge in [0, 0.05) is 5.54 Å². The van der Waals surface area contributed by atoms with E-state index >= 15 is 0 Å². The first-order valence-electron chi connectivity index (χ1n) is 6.32. The summed E-state index contributed by atoms with van der Waals surface area (Å²) >= 11 is 0. The third-order valence-electron chi connectivity index (χ3n) is 2.78. The number of carbonyl (C=O) groups excluding carboxylic acids is 1. The van der Waals surface area contributed by atoms with Gasteiger partial charge in [-0.1, -0.05) is 13.8 Å². The molecule has 1 heterocycles. The molecule has 1 aliphatic heterocycles. The summed E-state index contributed by atoms with van der Waals surface area (Å²) in [5.74, 6) is 1.20. The van der Waals surface area contributed by atoms with Crippen LogP contribution in [-0.4, -0.2) is 22.9 Å². The lowest BCUT2D eigenvalue weighted by atomic mass is 9.92. The maximum atomic E-state index is 11.9. The van der Waals surface area contributed by atoms with Crippen molar-refractivity contribution in [2.24, 2.45) is 10.9 Å². The molecule has 0 fully saturated rings. The predicted molar refractivity (Wildman–Crippen MR) is 70.9 cm³/mol. The Hall–Kier alpha value is -1.06. The van der Waals surface area contributed by atoms with Crippen molar-refractivity contribution in [3.05, 3.63) is 0 Å². The molecule has 0 aliphatic carbocycles. The zero-order valence-corrected chi connectivity index (χ0v) is 11.8. The van der Waals surface area contributed by atoms with Crippen LogP contribution in [0.4, 0.5) is 0 Å². The molecule has 0 radical (unpaired) electrons. The Kier molecular flexibility index (Phi) is 3.84. The minimum Gasteiger partial charge on any atom is -0.351 e. The minimum absolute atomic E-state index is 0.00454. The smallest absolute Gasteiger partial charge is 0.254 e. The molecule has 1 amide bonds. The molecule has 0 aromatic heterocycles. The van der Waals surface area contributed by atoms with Crippen LogP contribution in [0.2, 0.25) is 0 Å². The van der Waals surface area contributed by atoms with Crippen LogP contribution in [0.1, 0.15) is 54.4 Å². The second-order valence-corrected chi connectivity index (χ2v) is 6.50. The molecule has 2 N–H and O–H groups in total. The molecule has 98 valence electrons. The highest BCUT2D eigenvalue weighted by molar-refractivity contribution is 6.07. The summed E-state index contributed by atoms with van der Waals surface area (Å²) in [7, 11) is 0. The number of amides is 1. The summed E-state index contributed by atoms with van der Waals surface area (Å²) in [6.45, 7) is 12.4. The van der Waals surface area contributed by atoms with Gasteiger partial charge in [0.05, 0.1) is 0 Å². The van der Waals surface area contributed by atoms with Gasteiger partial charge in [-0.05, 0) is 46.5 Å². The summed E-state index contributed by atoms with van der Waals surface area (Å²) in [6, 6.07) is 0. The molecule has 4 heteroatoms. The van der Waals surface area contributed by atoms with Crippen LogP contribution in [0, 0.1) is 5.92 Å². The van der Waals surface area contributed by atoms with Crippen molar-refractivity contribution >= 4 is 11.9 Å². The number of aliphatic imine (C=N–C) groups is 1. The SMILES string of the molecule is CC(C)CCC1(C)N=C(NC(C)(C)C)NC1=O. The first kappa shape index (κ1) is 14.0. The lowest BCUT2D eigenvalue weighted by Crippen LogP contribution is -2.47. The lowest BCUT2D eigenvalue weighted by molar-refractivity contribution is -0.123. The van der Waals surface area contributed by atoms with E-state index in [2.05, 4.69) is 29.5 Å².